The maximum Gasteiger partial charge on any atom is 0.224 e. The zero-order valence-electron chi connectivity index (χ0n) is 14.2. The minimum atomic E-state index is -0.342. The average Bonchev–Trinajstić information content (AvgIpc) is 2.64. The quantitative estimate of drug-likeness (QED) is 0.877. The molecule has 1 N–H and O–H groups in total. The first-order valence-corrected chi connectivity index (χ1v) is 8.59. The Kier molecular flexibility index (Phi) is 6.14. The van der Waals surface area contributed by atoms with Gasteiger partial charge in [-0.2, -0.15) is 0 Å². The van der Waals surface area contributed by atoms with Crippen LogP contribution in [0.25, 0.3) is 0 Å². The van der Waals surface area contributed by atoms with E-state index in [9.17, 15) is 9.18 Å². The predicted octanol–water partition coefficient (Wildman–Crippen LogP) is 2.52. The zero-order chi connectivity index (χ0) is 17.5. The van der Waals surface area contributed by atoms with Gasteiger partial charge in [0.25, 0.3) is 0 Å². The third-order valence-corrected chi connectivity index (χ3v) is 4.33. The lowest BCUT2D eigenvalue weighted by Gasteiger charge is -2.26. The Morgan fingerprint density at radius 2 is 1.72 bits per heavy atom. The number of carbonyl (C=O) groups excluding carboxylic acids is 1. The van der Waals surface area contributed by atoms with Crippen molar-refractivity contribution in [3.63, 3.8) is 0 Å². The summed E-state index contributed by atoms with van der Waals surface area (Å²) >= 11 is 0. The third-order valence-electron chi connectivity index (χ3n) is 4.33. The number of rotatable bonds is 6. The number of ether oxygens (including phenoxy) is 1. The molecule has 4 nitrogen and oxygen atoms in total. The van der Waals surface area contributed by atoms with E-state index in [0.717, 1.165) is 38.4 Å². The van der Waals surface area contributed by atoms with Crippen molar-refractivity contribution in [2.24, 2.45) is 0 Å². The highest BCUT2D eigenvalue weighted by molar-refractivity contribution is 5.78. The van der Waals surface area contributed by atoms with Gasteiger partial charge >= 0.3 is 0 Å². The molecule has 25 heavy (non-hydrogen) atoms. The van der Waals surface area contributed by atoms with Gasteiger partial charge in [0, 0.05) is 26.2 Å². The van der Waals surface area contributed by atoms with Crippen molar-refractivity contribution in [2.45, 2.75) is 19.5 Å². The smallest absolute Gasteiger partial charge is 0.224 e. The van der Waals surface area contributed by atoms with E-state index in [-0.39, 0.29) is 18.1 Å². The highest BCUT2D eigenvalue weighted by Gasteiger charge is 2.11. The second-order valence-corrected chi connectivity index (χ2v) is 6.25. The zero-order valence-corrected chi connectivity index (χ0v) is 14.2. The molecule has 1 saturated heterocycles. The van der Waals surface area contributed by atoms with Gasteiger partial charge in [-0.1, -0.05) is 42.5 Å². The Morgan fingerprint density at radius 3 is 2.44 bits per heavy atom. The van der Waals surface area contributed by atoms with E-state index in [4.69, 9.17) is 4.74 Å². The van der Waals surface area contributed by atoms with E-state index in [1.54, 1.807) is 18.2 Å². The number of hydrogen-bond donors (Lipinski definition) is 1. The molecule has 0 aromatic heterocycles. The van der Waals surface area contributed by atoms with Crippen LogP contribution in [0.5, 0.6) is 0 Å². The summed E-state index contributed by atoms with van der Waals surface area (Å²) in [7, 11) is 0. The van der Waals surface area contributed by atoms with Crippen LogP contribution in [0, 0.1) is 5.82 Å². The lowest BCUT2D eigenvalue weighted by molar-refractivity contribution is -0.120. The van der Waals surface area contributed by atoms with Crippen LogP contribution in [0.4, 0.5) is 4.39 Å². The number of halogens is 1. The van der Waals surface area contributed by atoms with Crippen LogP contribution >= 0.6 is 0 Å². The molecule has 1 aliphatic rings. The second kappa shape index (κ2) is 8.74. The monoisotopic (exact) mass is 342 g/mol. The van der Waals surface area contributed by atoms with Crippen molar-refractivity contribution < 1.29 is 13.9 Å². The number of nitrogens with one attached hydrogen (secondary N) is 1. The van der Waals surface area contributed by atoms with Gasteiger partial charge in [-0.25, -0.2) is 4.39 Å². The first-order valence-electron chi connectivity index (χ1n) is 8.59. The lowest BCUT2D eigenvalue weighted by atomic mass is 10.1. The van der Waals surface area contributed by atoms with Crippen molar-refractivity contribution in [2.75, 3.05) is 26.3 Å². The Balaban J connectivity index is 1.46. The molecule has 0 saturated carbocycles. The lowest BCUT2D eigenvalue weighted by Crippen LogP contribution is -2.35. The van der Waals surface area contributed by atoms with Crippen LogP contribution in [-0.2, 0) is 29.0 Å². The summed E-state index contributed by atoms with van der Waals surface area (Å²) in [5, 5.41) is 2.84. The van der Waals surface area contributed by atoms with Crippen LogP contribution in [0.3, 0.4) is 0 Å². The van der Waals surface area contributed by atoms with E-state index < -0.39 is 0 Å². The fourth-order valence-corrected chi connectivity index (χ4v) is 2.86. The predicted molar refractivity (Wildman–Crippen MR) is 94.5 cm³/mol. The molecule has 0 radical (unpaired) electrons. The van der Waals surface area contributed by atoms with Crippen molar-refractivity contribution in [1.82, 2.24) is 10.2 Å². The summed E-state index contributed by atoms with van der Waals surface area (Å²) in [6.45, 7) is 4.90. The summed E-state index contributed by atoms with van der Waals surface area (Å²) in [5.41, 5.74) is 2.71. The number of hydrogen-bond acceptors (Lipinski definition) is 3. The number of nitrogens with zero attached hydrogens (tertiary/aromatic N) is 1. The standard InChI is InChI=1S/C20H23FN2O2/c21-19-4-2-1-3-18(19)13-20(24)22-14-16-5-7-17(8-6-16)15-23-9-11-25-12-10-23/h1-8H,9-15H2,(H,22,24). The maximum atomic E-state index is 13.6. The van der Waals surface area contributed by atoms with Crippen LogP contribution < -0.4 is 5.32 Å². The van der Waals surface area contributed by atoms with Gasteiger partial charge in [-0.3, -0.25) is 9.69 Å². The van der Waals surface area contributed by atoms with Crippen LogP contribution in [0.15, 0.2) is 48.5 Å². The topological polar surface area (TPSA) is 41.6 Å². The highest BCUT2D eigenvalue weighted by Crippen LogP contribution is 2.10. The van der Waals surface area contributed by atoms with Crippen molar-refractivity contribution in [1.29, 1.82) is 0 Å². The molecule has 1 amide bonds. The van der Waals surface area contributed by atoms with Gasteiger partial charge in [0.2, 0.25) is 5.91 Å². The summed E-state index contributed by atoms with van der Waals surface area (Å²) in [5.74, 6) is -0.521. The third kappa shape index (κ3) is 5.37. The second-order valence-electron chi connectivity index (χ2n) is 6.25. The van der Waals surface area contributed by atoms with E-state index in [2.05, 4.69) is 22.3 Å². The molecule has 3 rings (SSSR count). The Bertz CT molecular complexity index is 697. The molecule has 5 heteroatoms. The Morgan fingerprint density at radius 1 is 1.04 bits per heavy atom. The molecule has 132 valence electrons. The summed E-state index contributed by atoms with van der Waals surface area (Å²) in [6, 6.07) is 14.6. The van der Waals surface area contributed by atoms with Crippen LogP contribution in [0.2, 0.25) is 0 Å². The molecule has 0 bridgehead atoms. The Hall–Kier alpha value is -2.24. The van der Waals surface area contributed by atoms with Crippen LogP contribution in [-0.4, -0.2) is 37.1 Å². The Labute approximate surface area is 147 Å². The van der Waals surface area contributed by atoms with E-state index in [1.807, 2.05) is 12.1 Å². The van der Waals surface area contributed by atoms with Gasteiger partial charge in [0.15, 0.2) is 0 Å². The highest BCUT2D eigenvalue weighted by atomic mass is 19.1. The average molecular weight is 342 g/mol. The molecule has 0 spiro atoms. The fourth-order valence-electron chi connectivity index (χ4n) is 2.86. The van der Waals surface area contributed by atoms with Crippen molar-refractivity contribution >= 4 is 5.91 Å². The van der Waals surface area contributed by atoms with Crippen molar-refractivity contribution in [3.8, 4) is 0 Å². The molecule has 2 aromatic carbocycles. The maximum absolute atomic E-state index is 13.6. The SMILES string of the molecule is O=C(Cc1ccccc1F)NCc1ccc(CN2CCOCC2)cc1. The number of benzene rings is 2. The molecule has 0 atom stereocenters. The molecule has 1 aliphatic heterocycles. The molecular formula is C20H23FN2O2. The number of carbonyl (C=O) groups is 1. The van der Waals surface area contributed by atoms with Gasteiger partial charge in [-0.05, 0) is 22.8 Å². The molecule has 0 unspecified atom stereocenters. The van der Waals surface area contributed by atoms with E-state index in [0.29, 0.717) is 12.1 Å². The normalized spacial score (nSPS) is 15.1. The largest absolute Gasteiger partial charge is 0.379 e. The number of morpholine rings is 1. The molecule has 0 aliphatic carbocycles. The number of amides is 1. The van der Waals surface area contributed by atoms with E-state index in [1.165, 1.54) is 11.6 Å². The van der Waals surface area contributed by atoms with Gasteiger partial charge in [0.05, 0.1) is 19.6 Å². The molecule has 1 heterocycles. The molecule has 2 aromatic rings. The summed E-state index contributed by atoms with van der Waals surface area (Å²) in [4.78, 5) is 14.3. The minimum absolute atomic E-state index is 0.0573. The first-order chi connectivity index (χ1) is 12.2. The summed E-state index contributed by atoms with van der Waals surface area (Å²) < 4.78 is 18.9. The van der Waals surface area contributed by atoms with Gasteiger partial charge < -0.3 is 10.1 Å². The first kappa shape index (κ1) is 17.6. The van der Waals surface area contributed by atoms with E-state index >= 15 is 0 Å². The molecular weight excluding hydrogens is 319 g/mol. The molecule has 1 fully saturated rings. The van der Waals surface area contributed by atoms with Gasteiger partial charge in [0.1, 0.15) is 5.82 Å². The minimum Gasteiger partial charge on any atom is -0.379 e. The fraction of sp³-hybridized carbons (Fsp3) is 0.350. The van der Waals surface area contributed by atoms with Crippen molar-refractivity contribution in [3.05, 3.63) is 71.0 Å². The van der Waals surface area contributed by atoms with Crippen LogP contribution in [0.1, 0.15) is 16.7 Å². The summed E-state index contributed by atoms with van der Waals surface area (Å²) in [6.07, 6.45) is 0.0573. The van der Waals surface area contributed by atoms with Gasteiger partial charge in [-0.15, -0.1) is 0 Å².